The first-order valence-corrected chi connectivity index (χ1v) is 5.28. The maximum atomic E-state index is 11.4. The van der Waals surface area contributed by atoms with Gasteiger partial charge in [-0.2, -0.15) is 0 Å². The summed E-state index contributed by atoms with van der Waals surface area (Å²) in [6.45, 7) is 7.77. The van der Waals surface area contributed by atoms with Crippen molar-refractivity contribution in [2.45, 2.75) is 13.8 Å². The third-order valence-electron chi connectivity index (χ3n) is 2.01. The molecule has 0 saturated carbocycles. The first-order chi connectivity index (χ1) is 7.63. The lowest BCUT2D eigenvalue weighted by molar-refractivity contribution is -0.118. The minimum atomic E-state index is -0.0170. The molecule has 0 heterocycles. The first kappa shape index (κ1) is 12.3. The van der Waals surface area contributed by atoms with Crippen LogP contribution in [0.15, 0.2) is 36.9 Å². The summed E-state index contributed by atoms with van der Waals surface area (Å²) >= 11 is 0. The third-order valence-corrected chi connectivity index (χ3v) is 2.01. The maximum absolute atomic E-state index is 11.4. The molecule has 0 unspecified atom stereocenters. The van der Waals surface area contributed by atoms with Crippen LogP contribution in [0.2, 0.25) is 0 Å². The molecule has 0 bridgehead atoms. The highest BCUT2D eigenvalue weighted by Gasteiger charge is 2.06. The molecule has 1 N–H and O–H groups in total. The number of hydrogen-bond donors (Lipinski definition) is 1. The molecular formula is C13H17NO2. The Bertz CT molecular complexity index is 355. The molecule has 0 aliphatic rings. The number of ether oxygens (including phenoxy) is 1. The second kappa shape index (κ2) is 5.95. The number of carbonyl (C=O) groups excluding carboxylic acids is 1. The van der Waals surface area contributed by atoms with Gasteiger partial charge in [-0.3, -0.25) is 4.79 Å². The van der Waals surface area contributed by atoms with Gasteiger partial charge in [0.15, 0.2) is 0 Å². The highest BCUT2D eigenvalue weighted by Crippen LogP contribution is 2.16. The minimum Gasteiger partial charge on any atom is -0.490 e. The predicted molar refractivity (Wildman–Crippen MR) is 65.6 cm³/mol. The van der Waals surface area contributed by atoms with Crippen molar-refractivity contribution >= 4 is 11.6 Å². The number of nitrogens with one attached hydrogen (secondary N) is 1. The van der Waals surface area contributed by atoms with Crippen molar-refractivity contribution in [2.75, 3.05) is 11.9 Å². The molecule has 3 heteroatoms. The number of benzene rings is 1. The van der Waals surface area contributed by atoms with Gasteiger partial charge >= 0.3 is 0 Å². The molecule has 0 aromatic heterocycles. The van der Waals surface area contributed by atoms with Gasteiger partial charge in [0.1, 0.15) is 12.4 Å². The van der Waals surface area contributed by atoms with Crippen LogP contribution in [0.5, 0.6) is 5.75 Å². The lowest BCUT2D eigenvalue weighted by Crippen LogP contribution is -2.17. The Morgan fingerprint density at radius 1 is 1.44 bits per heavy atom. The van der Waals surface area contributed by atoms with Crippen LogP contribution in [0.4, 0.5) is 5.69 Å². The van der Waals surface area contributed by atoms with Gasteiger partial charge in [0, 0.05) is 11.6 Å². The van der Waals surface area contributed by atoms with E-state index in [-0.39, 0.29) is 11.8 Å². The summed E-state index contributed by atoms with van der Waals surface area (Å²) in [4.78, 5) is 11.4. The lowest BCUT2D eigenvalue weighted by Gasteiger charge is -2.08. The van der Waals surface area contributed by atoms with Gasteiger partial charge in [0.25, 0.3) is 0 Å². The molecule has 16 heavy (non-hydrogen) atoms. The van der Waals surface area contributed by atoms with Gasteiger partial charge in [-0.15, -0.1) is 0 Å². The lowest BCUT2D eigenvalue weighted by atomic mass is 10.2. The molecule has 0 aliphatic heterocycles. The summed E-state index contributed by atoms with van der Waals surface area (Å²) in [7, 11) is 0. The average molecular weight is 219 g/mol. The molecule has 1 aromatic carbocycles. The fraction of sp³-hybridized carbons (Fsp3) is 0.308. The van der Waals surface area contributed by atoms with E-state index in [4.69, 9.17) is 4.74 Å². The van der Waals surface area contributed by atoms with E-state index in [9.17, 15) is 4.79 Å². The van der Waals surface area contributed by atoms with Crippen molar-refractivity contribution in [3.8, 4) is 5.75 Å². The summed E-state index contributed by atoms with van der Waals surface area (Å²) in [5.74, 6) is 0.763. The van der Waals surface area contributed by atoms with Crippen molar-refractivity contribution in [1.29, 1.82) is 0 Å². The Labute approximate surface area is 96.1 Å². The Morgan fingerprint density at radius 2 is 2.06 bits per heavy atom. The average Bonchev–Trinajstić information content (AvgIpc) is 2.28. The zero-order valence-electron chi connectivity index (χ0n) is 9.69. The van der Waals surface area contributed by atoms with Crippen LogP contribution in [0.3, 0.4) is 0 Å². The molecule has 0 spiro atoms. The third kappa shape index (κ3) is 3.77. The second-order valence-electron chi connectivity index (χ2n) is 3.77. The van der Waals surface area contributed by atoms with Crippen molar-refractivity contribution in [3.05, 3.63) is 36.9 Å². The van der Waals surface area contributed by atoms with Crippen LogP contribution in [0.1, 0.15) is 13.8 Å². The van der Waals surface area contributed by atoms with E-state index in [0.29, 0.717) is 6.61 Å². The van der Waals surface area contributed by atoms with E-state index in [1.807, 2.05) is 38.1 Å². The Balaban J connectivity index is 2.57. The Kier molecular flexibility index (Phi) is 4.58. The zero-order chi connectivity index (χ0) is 12.0. The van der Waals surface area contributed by atoms with Crippen LogP contribution in [0.25, 0.3) is 0 Å². The van der Waals surface area contributed by atoms with Crippen molar-refractivity contribution in [1.82, 2.24) is 0 Å². The number of carbonyl (C=O) groups is 1. The summed E-state index contributed by atoms with van der Waals surface area (Å²) < 4.78 is 5.33. The number of rotatable bonds is 5. The van der Waals surface area contributed by atoms with Crippen molar-refractivity contribution < 1.29 is 9.53 Å². The van der Waals surface area contributed by atoms with E-state index in [1.54, 1.807) is 6.08 Å². The van der Waals surface area contributed by atoms with Gasteiger partial charge in [-0.25, -0.2) is 0 Å². The maximum Gasteiger partial charge on any atom is 0.226 e. The second-order valence-corrected chi connectivity index (χ2v) is 3.77. The summed E-state index contributed by atoms with van der Waals surface area (Å²) in [5.41, 5.74) is 0.782. The molecule has 1 rings (SSSR count). The molecule has 0 atom stereocenters. The zero-order valence-corrected chi connectivity index (χ0v) is 9.69. The van der Waals surface area contributed by atoms with Crippen molar-refractivity contribution in [3.63, 3.8) is 0 Å². The molecule has 86 valence electrons. The highest BCUT2D eigenvalue weighted by molar-refractivity contribution is 5.92. The van der Waals surface area contributed by atoms with Crippen molar-refractivity contribution in [2.24, 2.45) is 5.92 Å². The summed E-state index contributed by atoms with van der Waals surface area (Å²) in [6, 6.07) is 7.27. The summed E-state index contributed by atoms with van der Waals surface area (Å²) in [6.07, 6.45) is 1.69. The van der Waals surface area contributed by atoms with E-state index in [0.717, 1.165) is 11.4 Å². The number of amides is 1. The van der Waals surface area contributed by atoms with Crippen LogP contribution in [-0.2, 0) is 4.79 Å². The largest absolute Gasteiger partial charge is 0.490 e. The Hall–Kier alpha value is -1.77. The van der Waals surface area contributed by atoms with Gasteiger partial charge in [0.2, 0.25) is 5.91 Å². The fourth-order valence-electron chi connectivity index (χ4n) is 1.08. The minimum absolute atomic E-state index is 0.0137. The molecular weight excluding hydrogens is 202 g/mol. The summed E-state index contributed by atoms with van der Waals surface area (Å²) in [5, 5.41) is 2.81. The first-order valence-electron chi connectivity index (χ1n) is 5.28. The molecule has 0 aliphatic carbocycles. The van der Waals surface area contributed by atoms with Crippen LogP contribution in [-0.4, -0.2) is 12.5 Å². The van der Waals surface area contributed by atoms with E-state index >= 15 is 0 Å². The number of hydrogen-bond acceptors (Lipinski definition) is 2. The molecule has 3 nitrogen and oxygen atoms in total. The molecule has 1 aromatic rings. The molecule has 0 fully saturated rings. The molecule has 1 amide bonds. The van der Waals surface area contributed by atoms with Gasteiger partial charge in [-0.1, -0.05) is 26.5 Å². The van der Waals surface area contributed by atoms with Gasteiger partial charge < -0.3 is 10.1 Å². The SMILES string of the molecule is C=CCOc1ccc(NC(=O)C(C)C)cc1. The van der Waals surface area contributed by atoms with Crippen LogP contribution >= 0.6 is 0 Å². The molecule has 0 radical (unpaired) electrons. The monoisotopic (exact) mass is 219 g/mol. The normalized spacial score (nSPS) is 9.94. The molecule has 0 saturated heterocycles. The van der Waals surface area contributed by atoms with Gasteiger partial charge in [-0.05, 0) is 24.3 Å². The smallest absolute Gasteiger partial charge is 0.226 e. The number of anilines is 1. The topological polar surface area (TPSA) is 38.3 Å². The quantitative estimate of drug-likeness (QED) is 0.773. The van der Waals surface area contributed by atoms with Crippen LogP contribution < -0.4 is 10.1 Å². The van der Waals surface area contributed by atoms with E-state index in [1.165, 1.54) is 0 Å². The fourth-order valence-corrected chi connectivity index (χ4v) is 1.08. The highest BCUT2D eigenvalue weighted by atomic mass is 16.5. The Morgan fingerprint density at radius 3 is 2.56 bits per heavy atom. The van der Waals surface area contributed by atoms with Crippen LogP contribution in [0, 0.1) is 5.92 Å². The van der Waals surface area contributed by atoms with Gasteiger partial charge in [0.05, 0.1) is 0 Å². The van der Waals surface area contributed by atoms with E-state index < -0.39 is 0 Å². The predicted octanol–water partition coefficient (Wildman–Crippen LogP) is 2.85. The van der Waals surface area contributed by atoms with E-state index in [2.05, 4.69) is 11.9 Å². The standard InChI is InChI=1S/C13H17NO2/c1-4-9-16-12-7-5-11(6-8-12)14-13(15)10(2)3/h4-8,10H,1,9H2,2-3H3,(H,14,15).